The molecule has 3 rings (SSSR count). The number of nitrogens with one attached hydrogen (secondary N) is 1. The second-order valence-corrected chi connectivity index (χ2v) is 7.27. The molecule has 2 nitrogen and oxygen atoms in total. The van der Waals surface area contributed by atoms with Crippen LogP contribution < -0.4 is 5.32 Å². The number of piperazine rings is 1. The molecule has 1 saturated heterocycles. The van der Waals surface area contributed by atoms with E-state index in [1.165, 1.54) is 37.8 Å². The minimum Gasteiger partial charge on any atom is -0.309 e. The highest BCUT2D eigenvalue weighted by molar-refractivity contribution is 5.20. The maximum absolute atomic E-state index is 3.72. The standard InChI is InChI=1S/C18H28N2/c1-18(2)14-20(13-15-8-6-7-9-15)17(12-19-18)16-10-4-3-5-11-16/h3-5,10-11,15,17,19H,6-9,12-14H2,1-2H3. The van der Waals surface area contributed by atoms with E-state index >= 15 is 0 Å². The van der Waals surface area contributed by atoms with Gasteiger partial charge in [0, 0.05) is 31.2 Å². The second-order valence-electron chi connectivity index (χ2n) is 7.27. The van der Waals surface area contributed by atoms with Crippen molar-refractivity contribution in [3.8, 4) is 0 Å². The lowest BCUT2D eigenvalue weighted by Crippen LogP contribution is -2.58. The van der Waals surface area contributed by atoms with Gasteiger partial charge in [0.15, 0.2) is 0 Å². The normalized spacial score (nSPS) is 27.8. The van der Waals surface area contributed by atoms with Crippen molar-refractivity contribution >= 4 is 0 Å². The van der Waals surface area contributed by atoms with E-state index in [0.29, 0.717) is 6.04 Å². The van der Waals surface area contributed by atoms with Crippen molar-refractivity contribution in [1.82, 2.24) is 10.2 Å². The van der Waals surface area contributed by atoms with Crippen LogP contribution in [0, 0.1) is 5.92 Å². The van der Waals surface area contributed by atoms with Gasteiger partial charge < -0.3 is 5.32 Å². The molecule has 1 atom stereocenters. The summed E-state index contributed by atoms with van der Waals surface area (Å²) in [4.78, 5) is 2.74. The Bertz CT molecular complexity index is 420. The summed E-state index contributed by atoms with van der Waals surface area (Å²) in [6.07, 6.45) is 5.75. The molecule has 1 unspecified atom stereocenters. The van der Waals surface area contributed by atoms with E-state index in [2.05, 4.69) is 54.4 Å². The van der Waals surface area contributed by atoms with Crippen molar-refractivity contribution < 1.29 is 0 Å². The Hall–Kier alpha value is -0.860. The zero-order valence-corrected chi connectivity index (χ0v) is 12.9. The molecule has 2 heteroatoms. The van der Waals surface area contributed by atoms with E-state index in [1.807, 2.05) is 0 Å². The van der Waals surface area contributed by atoms with Gasteiger partial charge in [-0.15, -0.1) is 0 Å². The third-order valence-electron chi connectivity index (χ3n) is 4.96. The van der Waals surface area contributed by atoms with Crippen LogP contribution in [-0.2, 0) is 0 Å². The number of benzene rings is 1. The summed E-state index contributed by atoms with van der Waals surface area (Å²) in [7, 11) is 0. The zero-order chi connectivity index (χ0) is 14.0. The largest absolute Gasteiger partial charge is 0.309 e. The van der Waals surface area contributed by atoms with Gasteiger partial charge >= 0.3 is 0 Å². The number of hydrogen-bond donors (Lipinski definition) is 1. The molecule has 0 amide bonds. The van der Waals surface area contributed by atoms with E-state index in [1.54, 1.807) is 0 Å². The van der Waals surface area contributed by atoms with Gasteiger partial charge in [-0.25, -0.2) is 0 Å². The van der Waals surface area contributed by atoms with E-state index in [-0.39, 0.29) is 5.54 Å². The lowest BCUT2D eigenvalue weighted by molar-refractivity contribution is 0.0794. The first kappa shape index (κ1) is 14.1. The predicted octanol–water partition coefficient (Wildman–Crippen LogP) is 3.60. The maximum atomic E-state index is 3.72. The molecule has 1 heterocycles. The first-order chi connectivity index (χ1) is 9.64. The van der Waals surface area contributed by atoms with Crippen LogP contribution in [0.2, 0.25) is 0 Å². The molecular formula is C18H28N2. The fourth-order valence-electron chi connectivity index (χ4n) is 3.90. The Morgan fingerprint density at radius 1 is 1.15 bits per heavy atom. The second kappa shape index (κ2) is 5.87. The first-order valence-electron chi connectivity index (χ1n) is 8.18. The minimum atomic E-state index is 0.240. The Labute approximate surface area is 123 Å². The topological polar surface area (TPSA) is 15.3 Å². The average molecular weight is 272 g/mol. The first-order valence-corrected chi connectivity index (χ1v) is 8.18. The van der Waals surface area contributed by atoms with E-state index in [9.17, 15) is 0 Å². The van der Waals surface area contributed by atoms with Gasteiger partial charge in [0.05, 0.1) is 0 Å². The Kier molecular flexibility index (Phi) is 4.13. The summed E-state index contributed by atoms with van der Waals surface area (Å²) in [6, 6.07) is 11.6. The van der Waals surface area contributed by atoms with Crippen LogP contribution in [0.15, 0.2) is 30.3 Å². The van der Waals surface area contributed by atoms with Crippen molar-refractivity contribution in [2.24, 2.45) is 5.92 Å². The van der Waals surface area contributed by atoms with Crippen molar-refractivity contribution in [3.05, 3.63) is 35.9 Å². The monoisotopic (exact) mass is 272 g/mol. The van der Waals surface area contributed by atoms with Crippen LogP contribution in [0.5, 0.6) is 0 Å². The number of rotatable bonds is 3. The number of nitrogens with zero attached hydrogens (tertiary/aromatic N) is 1. The SMILES string of the molecule is CC1(C)CN(CC2CCCC2)C(c2ccccc2)CN1. The summed E-state index contributed by atoms with van der Waals surface area (Å²) < 4.78 is 0. The molecule has 0 spiro atoms. The van der Waals surface area contributed by atoms with Crippen LogP contribution in [-0.4, -0.2) is 30.1 Å². The van der Waals surface area contributed by atoms with Crippen LogP contribution in [0.4, 0.5) is 0 Å². The van der Waals surface area contributed by atoms with Crippen LogP contribution in [0.3, 0.4) is 0 Å². The maximum Gasteiger partial charge on any atom is 0.0473 e. The van der Waals surface area contributed by atoms with Crippen molar-refractivity contribution in [3.63, 3.8) is 0 Å². The molecule has 1 aliphatic carbocycles. The van der Waals surface area contributed by atoms with Crippen LogP contribution in [0.1, 0.15) is 51.1 Å². The molecule has 1 aliphatic heterocycles. The van der Waals surface area contributed by atoms with Gasteiger partial charge in [-0.2, -0.15) is 0 Å². The van der Waals surface area contributed by atoms with E-state index in [0.717, 1.165) is 19.0 Å². The highest BCUT2D eigenvalue weighted by Crippen LogP contribution is 2.32. The average Bonchev–Trinajstić information content (AvgIpc) is 2.92. The van der Waals surface area contributed by atoms with Gasteiger partial charge in [0.2, 0.25) is 0 Å². The molecule has 1 N–H and O–H groups in total. The Balaban J connectivity index is 1.75. The van der Waals surface area contributed by atoms with Gasteiger partial charge in [-0.1, -0.05) is 43.2 Å². The summed E-state index contributed by atoms with van der Waals surface area (Å²) in [5.74, 6) is 0.926. The van der Waals surface area contributed by atoms with E-state index < -0.39 is 0 Å². The molecule has 110 valence electrons. The number of hydrogen-bond acceptors (Lipinski definition) is 2. The molecule has 1 aromatic rings. The van der Waals surface area contributed by atoms with Crippen molar-refractivity contribution in [2.75, 3.05) is 19.6 Å². The fourth-order valence-corrected chi connectivity index (χ4v) is 3.90. The fraction of sp³-hybridized carbons (Fsp3) is 0.667. The third kappa shape index (κ3) is 3.24. The van der Waals surface area contributed by atoms with Crippen molar-refractivity contribution in [1.29, 1.82) is 0 Å². The Morgan fingerprint density at radius 3 is 2.55 bits per heavy atom. The molecule has 0 aromatic heterocycles. The smallest absolute Gasteiger partial charge is 0.0473 e. The van der Waals surface area contributed by atoms with Gasteiger partial charge in [-0.05, 0) is 38.2 Å². The highest BCUT2D eigenvalue weighted by atomic mass is 15.2. The molecule has 0 radical (unpaired) electrons. The lowest BCUT2D eigenvalue weighted by Gasteiger charge is -2.45. The Morgan fingerprint density at radius 2 is 1.85 bits per heavy atom. The van der Waals surface area contributed by atoms with Crippen molar-refractivity contribution in [2.45, 2.75) is 51.1 Å². The predicted molar refractivity (Wildman–Crippen MR) is 84.8 cm³/mol. The third-order valence-corrected chi connectivity index (χ3v) is 4.96. The lowest BCUT2D eigenvalue weighted by atomic mass is 9.93. The zero-order valence-electron chi connectivity index (χ0n) is 12.9. The van der Waals surface area contributed by atoms with Crippen LogP contribution in [0.25, 0.3) is 0 Å². The quantitative estimate of drug-likeness (QED) is 0.904. The molecule has 2 fully saturated rings. The summed E-state index contributed by atoms with van der Waals surface area (Å²) in [5.41, 5.74) is 1.71. The van der Waals surface area contributed by atoms with Crippen LogP contribution >= 0.6 is 0 Å². The molecular weight excluding hydrogens is 244 g/mol. The highest BCUT2D eigenvalue weighted by Gasteiger charge is 2.34. The summed E-state index contributed by atoms with van der Waals surface area (Å²) in [6.45, 7) is 8.17. The summed E-state index contributed by atoms with van der Waals surface area (Å²) in [5, 5.41) is 3.72. The molecule has 2 aliphatic rings. The molecule has 0 bridgehead atoms. The molecule has 1 saturated carbocycles. The molecule has 20 heavy (non-hydrogen) atoms. The summed E-state index contributed by atoms with van der Waals surface area (Å²) >= 11 is 0. The van der Waals surface area contributed by atoms with Gasteiger partial charge in [0.25, 0.3) is 0 Å². The van der Waals surface area contributed by atoms with E-state index in [4.69, 9.17) is 0 Å². The van der Waals surface area contributed by atoms with Gasteiger partial charge in [0.1, 0.15) is 0 Å². The minimum absolute atomic E-state index is 0.240. The molecule has 1 aromatic carbocycles. The van der Waals surface area contributed by atoms with Gasteiger partial charge in [-0.3, -0.25) is 4.90 Å².